The van der Waals surface area contributed by atoms with E-state index in [2.05, 4.69) is 52.6 Å². The van der Waals surface area contributed by atoms with Gasteiger partial charge < -0.3 is 20.9 Å². The van der Waals surface area contributed by atoms with Crippen LogP contribution in [0.25, 0.3) is 0 Å². The van der Waals surface area contributed by atoms with Crippen molar-refractivity contribution in [3.63, 3.8) is 0 Å². The summed E-state index contributed by atoms with van der Waals surface area (Å²) in [6, 6.07) is -0.546. The summed E-state index contributed by atoms with van der Waals surface area (Å²) in [6.07, 6.45) is 6.21. The van der Waals surface area contributed by atoms with Crippen molar-refractivity contribution in [2.45, 2.75) is 117 Å². The quantitative estimate of drug-likeness (QED) is 0.250. The second-order valence-electron chi connectivity index (χ2n) is 14.6. The molecule has 0 aromatic rings. The van der Waals surface area contributed by atoms with E-state index in [0.29, 0.717) is 30.7 Å². The molecule has 3 unspecified atom stereocenters. The summed E-state index contributed by atoms with van der Waals surface area (Å²) in [5.74, 6) is 1.12. The van der Waals surface area contributed by atoms with Gasteiger partial charge in [0.25, 0.3) is 0 Å². The van der Waals surface area contributed by atoms with E-state index in [4.69, 9.17) is 10.5 Å². The van der Waals surface area contributed by atoms with Gasteiger partial charge in [-0.15, -0.1) is 18.3 Å². The fraction of sp³-hybridized carbons (Fsp3) is 0.875. The molecule has 3 fully saturated rings. The van der Waals surface area contributed by atoms with Gasteiger partial charge in [0.2, 0.25) is 5.91 Å². The average molecular weight is 565 g/mol. The first-order chi connectivity index (χ1) is 17.9. The minimum absolute atomic E-state index is 0.0568. The first-order valence-corrected chi connectivity index (χ1v) is 16.1. The number of ether oxygens (including phenoxy) is 1. The van der Waals surface area contributed by atoms with Gasteiger partial charge in [-0.25, -0.2) is 0 Å². The standard InChI is InChI=1S/C32H56N2O4S/c1-11-30(9)16-24(38-25(36)17-39-29(7,8)18-34-28(37)26(33)19(2)3)31(10)20(4)12-14-32(22(6)21(30)5)15-13-23(35)27(31)32/h11,19-24,26-27,35H,1,12-18,33H2,2-10H3,(H,34,37)/t20-,21?,22+,23?,24-,26?,27+,30-,31+,32+/m1/s1. The molecule has 1 amide bonds. The highest BCUT2D eigenvalue weighted by Gasteiger charge is 2.67. The zero-order valence-electron chi connectivity index (χ0n) is 26.0. The number of amides is 1. The highest BCUT2D eigenvalue weighted by atomic mass is 32.2. The van der Waals surface area contributed by atoms with Gasteiger partial charge in [-0.3, -0.25) is 9.59 Å². The maximum absolute atomic E-state index is 13.5. The Morgan fingerprint density at radius 1 is 1.18 bits per heavy atom. The molecule has 4 N–H and O–H groups in total. The van der Waals surface area contributed by atoms with E-state index in [-0.39, 0.29) is 62.7 Å². The van der Waals surface area contributed by atoms with E-state index in [9.17, 15) is 14.7 Å². The monoisotopic (exact) mass is 564 g/mol. The molecule has 0 aromatic carbocycles. The molecule has 224 valence electrons. The van der Waals surface area contributed by atoms with Crippen LogP contribution in [0.3, 0.4) is 0 Å². The van der Waals surface area contributed by atoms with Gasteiger partial charge in [0, 0.05) is 16.7 Å². The van der Waals surface area contributed by atoms with Crippen LogP contribution < -0.4 is 11.1 Å². The van der Waals surface area contributed by atoms with Gasteiger partial charge >= 0.3 is 5.97 Å². The molecule has 0 heterocycles. The van der Waals surface area contributed by atoms with E-state index in [1.165, 1.54) is 11.8 Å². The first kappa shape index (κ1) is 32.5. The lowest BCUT2D eigenvalue weighted by atomic mass is 9.42. The molecular formula is C32H56N2O4S. The molecule has 3 saturated carbocycles. The molecule has 7 heteroatoms. The van der Waals surface area contributed by atoms with Gasteiger partial charge in [-0.2, -0.15) is 0 Å². The lowest BCUT2D eigenvalue weighted by Gasteiger charge is -2.63. The van der Waals surface area contributed by atoms with Crippen LogP contribution in [0.2, 0.25) is 0 Å². The van der Waals surface area contributed by atoms with Gasteiger partial charge in [0.15, 0.2) is 0 Å². The number of aliphatic hydroxyl groups excluding tert-OH is 1. The number of carbonyl (C=O) groups is 2. The highest BCUT2D eigenvalue weighted by molar-refractivity contribution is 8.01. The maximum atomic E-state index is 13.5. The summed E-state index contributed by atoms with van der Waals surface area (Å²) < 4.78 is 6.13. The number of allylic oxidation sites excluding steroid dienone is 1. The van der Waals surface area contributed by atoms with Crippen LogP contribution in [0.5, 0.6) is 0 Å². The first-order valence-electron chi connectivity index (χ1n) is 15.1. The highest BCUT2D eigenvalue weighted by Crippen LogP contribution is 2.69. The number of esters is 1. The third-order valence-electron chi connectivity index (χ3n) is 11.7. The number of nitrogens with two attached hydrogens (primary N) is 1. The SMILES string of the molecule is C=C[C@]1(C)C[C@@H](OC(=O)CSC(C)(C)CNC(=O)C(N)C(C)C)[C@]2(C)[C@H](C)CC[C@]3(CCC(O)[C@H]32)[C@@H](C)C1C. The van der Waals surface area contributed by atoms with E-state index in [1.807, 2.05) is 27.7 Å². The summed E-state index contributed by atoms with van der Waals surface area (Å²) in [5, 5.41) is 14.4. The number of carbonyl (C=O) groups excluding carboxylic acids is 2. The van der Waals surface area contributed by atoms with Crippen molar-refractivity contribution in [2.75, 3.05) is 12.3 Å². The van der Waals surface area contributed by atoms with Crippen molar-refractivity contribution in [3.8, 4) is 0 Å². The summed E-state index contributed by atoms with van der Waals surface area (Å²) in [5.41, 5.74) is 5.54. The Kier molecular flexibility index (Phi) is 9.72. The number of aliphatic hydroxyl groups is 1. The molecule has 3 rings (SSSR count). The van der Waals surface area contributed by atoms with E-state index in [1.54, 1.807) is 0 Å². The van der Waals surface area contributed by atoms with Crippen molar-refractivity contribution in [3.05, 3.63) is 12.7 Å². The van der Waals surface area contributed by atoms with Gasteiger partial charge in [0.05, 0.1) is 17.9 Å². The van der Waals surface area contributed by atoms with E-state index < -0.39 is 6.04 Å². The van der Waals surface area contributed by atoms with Crippen molar-refractivity contribution in [2.24, 2.45) is 51.6 Å². The van der Waals surface area contributed by atoms with Crippen LogP contribution in [0.4, 0.5) is 0 Å². The number of hydrogen-bond acceptors (Lipinski definition) is 6. The number of rotatable bonds is 9. The maximum Gasteiger partial charge on any atom is 0.316 e. The molecule has 2 bridgehead atoms. The third kappa shape index (κ3) is 5.97. The minimum Gasteiger partial charge on any atom is -0.461 e. The van der Waals surface area contributed by atoms with Crippen LogP contribution in [-0.2, 0) is 14.3 Å². The third-order valence-corrected chi connectivity index (χ3v) is 13.0. The number of hydrogen-bond donors (Lipinski definition) is 3. The smallest absolute Gasteiger partial charge is 0.316 e. The zero-order chi connectivity index (χ0) is 29.6. The Bertz CT molecular complexity index is 924. The molecule has 0 radical (unpaired) electrons. The summed E-state index contributed by atoms with van der Waals surface area (Å²) in [7, 11) is 0. The fourth-order valence-corrected chi connectivity index (χ4v) is 9.08. The lowest BCUT2D eigenvalue weighted by Crippen LogP contribution is -2.62. The van der Waals surface area contributed by atoms with Crippen LogP contribution >= 0.6 is 11.8 Å². The number of nitrogens with one attached hydrogen (secondary N) is 1. The molecule has 0 aromatic heterocycles. The van der Waals surface area contributed by atoms with Gasteiger partial charge in [-0.05, 0) is 86.4 Å². The van der Waals surface area contributed by atoms with Gasteiger partial charge in [-0.1, -0.05) is 54.5 Å². The van der Waals surface area contributed by atoms with Gasteiger partial charge in [0.1, 0.15) is 6.10 Å². The van der Waals surface area contributed by atoms with Crippen molar-refractivity contribution in [1.82, 2.24) is 5.32 Å². The lowest BCUT2D eigenvalue weighted by molar-refractivity contribution is -0.208. The minimum atomic E-state index is -0.546. The molecule has 10 atom stereocenters. The van der Waals surface area contributed by atoms with Crippen molar-refractivity contribution < 1.29 is 19.4 Å². The Hall–Kier alpha value is -1.05. The second-order valence-corrected chi connectivity index (χ2v) is 16.3. The Morgan fingerprint density at radius 2 is 1.79 bits per heavy atom. The Morgan fingerprint density at radius 3 is 2.38 bits per heavy atom. The zero-order valence-corrected chi connectivity index (χ0v) is 26.8. The predicted molar refractivity (Wildman–Crippen MR) is 161 cm³/mol. The van der Waals surface area contributed by atoms with Crippen molar-refractivity contribution in [1.29, 1.82) is 0 Å². The normalized spacial score (nSPS) is 41.2. The molecule has 0 aliphatic heterocycles. The molecule has 0 spiro atoms. The topological polar surface area (TPSA) is 102 Å². The second kappa shape index (κ2) is 11.7. The van der Waals surface area contributed by atoms with Crippen molar-refractivity contribution >= 4 is 23.6 Å². The number of thioether (sulfide) groups is 1. The van der Waals surface area contributed by atoms with Crippen LogP contribution in [-0.4, -0.2) is 52.3 Å². The fourth-order valence-electron chi connectivity index (χ4n) is 8.33. The largest absolute Gasteiger partial charge is 0.461 e. The molecule has 0 saturated heterocycles. The Balaban J connectivity index is 1.81. The van der Waals surface area contributed by atoms with E-state index >= 15 is 0 Å². The van der Waals surface area contributed by atoms with Crippen LogP contribution in [0.1, 0.15) is 94.4 Å². The summed E-state index contributed by atoms with van der Waals surface area (Å²) >= 11 is 1.50. The van der Waals surface area contributed by atoms with Crippen LogP contribution in [0.15, 0.2) is 12.7 Å². The molecule has 3 aliphatic rings. The Labute approximate surface area is 242 Å². The molecule has 39 heavy (non-hydrogen) atoms. The molecule has 6 nitrogen and oxygen atoms in total. The van der Waals surface area contributed by atoms with Crippen LogP contribution in [0, 0.1) is 45.8 Å². The summed E-state index contributed by atoms with van der Waals surface area (Å²) in [6.45, 7) is 24.2. The predicted octanol–water partition coefficient (Wildman–Crippen LogP) is 5.57. The van der Waals surface area contributed by atoms with E-state index in [0.717, 1.165) is 25.7 Å². The summed E-state index contributed by atoms with van der Waals surface area (Å²) in [4.78, 5) is 25.8. The molecule has 3 aliphatic carbocycles. The average Bonchev–Trinajstić information content (AvgIpc) is 3.24. The molecular weight excluding hydrogens is 508 g/mol.